The van der Waals surface area contributed by atoms with Crippen LogP contribution in [-0.2, 0) is 4.79 Å². The van der Waals surface area contributed by atoms with Crippen LogP contribution in [0.25, 0.3) is 0 Å². The topological polar surface area (TPSA) is 57.5 Å². The third-order valence-electron chi connectivity index (χ3n) is 2.96. The minimum absolute atomic E-state index is 0.0670. The van der Waals surface area contributed by atoms with Crippen molar-refractivity contribution in [1.82, 2.24) is 0 Å². The normalized spacial score (nSPS) is 35.4. The van der Waals surface area contributed by atoms with Crippen molar-refractivity contribution in [2.24, 2.45) is 17.8 Å². The number of carbonyl (C=O) groups excluding carboxylic acids is 1. The van der Waals surface area contributed by atoms with Crippen LogP contribution in [0.15, 0.2) is 0 Å². The van der Waals surface area contributed by atoms with Crippen molar-refractivity contribution in [3.05, 3.63) is 0 Å². The summed E-state index contributed by atoms with van der Waals surface area (Å²) >= 11 is 0. The number of hydrogen-bond acceptors (Lipinski definition) is 3. The van der Waals surface area contributed by atoms with E-state index >= 15 is 0 Å². The van der Waals surface area contributed by atoms with E-state index in [0.29, 0.717) is 5.92 Å². The zero-order valence-corrected chi connectivity index (χ0v) is 7.36. The Morgan fingerprint density at radius 1 is 1.42 bits per heavy atom. The van der Waals surface area contributed by atoms with Gasteiger partial charge in [0, 0.05) is 12.5 Å². The van der Waals surface area contributed by atoms with Crippen LogP contribution in [0.3, 0.4) is 0 Å². The molecule has 0 aliphatic heterocycles. The van der Waals surface area contributed by atoms with Crippen molar-refractivity contribution >= 4 is 5.78 Å². The molecule has 1 saturated carbocycles. The highest BCUT2D eigenvalue weighted by Gasteiger charge is 2.36. The summed E-state index contributed by atoms with van der Waals surface area (Å²) in [5.74, 6) is 0.272. The van der Waals surface area contributed by atoms with Gasteiger partial charge in [-0.2, -0.15) is 0 Å². The van der Waals surface area contributed by atoms with Gasteiger partial charge in [-0.15, -0.1) is 0 Å². The average Bonchev–Trinajstić information content (AvgIpc) is 2.45. The number of hydrogen-bond donors (Lipinski definition) is 2. The van der Waals surface area contributed by atoms with E-state index in [0.717, 1.165) is 12.8 Å². The summed E-state index contributed by atoms with van der Waals surface area (Å²) in [6.07, 6.45) is 1.81. The van der Waals surface area contributed by atoms with Gasteiger partial charge in [-0.3, -0.25) is 4.79 Å². The van der Waals surface area contributed by atoms with E-state index in [1.54, 1.807) is 0 Å². The van der Waals surface area contributed by atoms with Crippen LogP contribution in [0.5, 0.6) is 0 Å². The molecule has 0 aromatic heterocycles. The predicted molar refractivity (Wildman–Crippen MR) is 44.6 cm³/mol. The third kappa shape index (κ3) is 1.67. The highest BCUT2D eigenvalue weighted by atomic mass is 16.3. The van der Waals surface area contributed by atoms with Crippen LogP contribution < -0.4 is 0 Å². The molecule has 0 saturated heterocycles. The Morgan fingerprint density at radius 2 is 2.08 bits per heavy atom. The standard InChI is InChI=1S/C9H16O3/c1-6-2-3-7(8(6)4-10)9(12)5-11/h6-8,10-11H,2-5H2,1H3. The number of Topliss-reactive ketones (excluding diaryl/α,β-unsaturated/α-hetero) is 1. The second kappa shape index (κ2) is 4.01. The Morgan fingerprint density at radius 3 is 2.58 bits per heavy atom. The molecular weight excluding hydrogens is 156 g/mol. The van der Waals surface area contributed by atoms with E-state index in [4.69, 9.17) is 10.2 Å². The Hall–Kier alpha value is -0.410. The lowest BCUT2D eigenvalue weighted by atomic mass is 9.88. The summed E-state index contributed by atoms with van der Waals surface area (Å²) in [7, 11) is 0. The SMILES string of the molecule is CC1CCC(C(=O)CO)C1CO. The molecule has 2 N–H and O–H groups in total. The van der Waals surface area contributed by atoms with E-state index in [9.17, 15) is 4.79 Å². The fraction of sp³-hybridized carbons (Fsp3) is 0.889. The maximum Gasteiger partial charge on any atom is 0.161 e. The highest BCUT2D eigenvalue weighted by Crippen LogP contribution is 2.36. The molecule has 0 aromatic carbocycles. The van der Waals surface area contributed by atoms with Gasteiger partial charge in [0.15, 0.2) is 5.78 Å². The first-order valence-electron chi connectivity index (χ1n) is 4.45. The Kier molecular flexibility index (Phi) is 3.23. The number of aliphatic hydroxyl groups excluding tert-OH is 2. The first-order valence-corrected chi connectivity index (χ1v) is 4.45. The monoisotopic (exact) mass is 172 g/mol. The minimum Gasteiger partial charge on any atom is -0.396 e. The van der Waals surface area contributed by atoms with Gasteiger partial charge in [0.05, 0.1) is 0 Å². The molecule has 70 valence electrons. The Bertz CT molecular complexity index is 167. The second-order valence-corrected chi connectivity index (χ2v) is 3.63. The van der Waals surface area contributed by atoms with Gasteiger partial charge in [0.2, 0.25) is 0 Å². The Labute approximate surface area is 72.4 Å². The van der Waals surface area contributed by atoms with Crippen molar-refractivity contribution in [2.75, 3.05) is 13.2 Å². The molecule has 3 heteroatoms. The molecule has 1 aliphatic carbocycles. The summed E-state index contributed by atoms with van der Waals surface area (Å²) in [5, 5.41) is 17.7. The summed E-state index contributed by atoms with van der Waals surface area (Å²) in [5.41, 5.74) is 0. The van der Waals surface area contributed by atoms with Crippen molar-refractivity contribution in [1.29, 1.82) is 0 Å². The van der Waals surface area contributed by atoms with Crippen LogP contribution in [-0.4, -0.2) is 29.2 Å². The first kappa shape index (κ1) is 9.68. The van der Waals surface area contributed by atoms with Crippen LogP contribution in [0.1, 0.15) is 19.8 Å². The van der Waals surface area contributed by atoms with E-state index in [1.807, 2.05) is 6.92 Å². The second-order valence-electron chi connectivity index (χ2n) is 3.63. The fourth-order valence-electron chi connectivity index (χ4n) is 2.09. The molecule has 0 radical (unpaired) electrons. The molecule has 3 atom stereocenters. The van der Waals surface area contributed by atoms with Gasteiger partial charge in [-0.05, 0) is 24.7 Å². The van der Waals surface area contributed by atoms with Gasteiger partial charge >= 0.3 is 0 Å². The summed E-state index contributed by atoms with van der Waals surface area (Å²) in [6, 6.07) is 0. The number of rotatable bonds is 3. The lowest BCUT2D eigenvalue weighted by Gasteiger charge is -2.18. The van der Waals surface area contributed by atoms with E-state index < -0.39 is 0 Å². The number of aliphatic hydroxyl groups is 2. The molecule has 12 heavy (non-hydrogen) atoms. The zero-order chi connectivity index (χ0) is 9.14. The molecule has 0 heterocycles. The van der Waals surface area contributed by atoms with Crippen LogP contribution in [0.4, 0.5) is 0 Å². The largest absolute Gasteiger partial charge is 0.396 e. The van der Waals surface area contributed by atoms with Crippen molar-refractivity contribution in [3.8, 4) is 0 Å². The number of ketones is 1. The maximum atomic E-state index is 11.2. The third-order valence-corrected chi connectivity index (χ3v) is 2.96. The van der Waals surface area contributed by atoms with Gasteiger partial charge < -0.3 is 10.2 Å². The molecule has 1 aliphatic rings. The van der Waals surface area contributed by atoms with E-state index in [-0.39, 0.29) is 30.8 Å². The first-order chi connectivity index (χ1) is 5.70. The van der Waals surface area contributed by atoms with Gasteiger partial charge in [0.1, 0.15) is 6.61 Å². The molecule has 0 amide bonds. The molecule has 1 fully saturated rings. The smallest absolute Gasteiger partial charge is 0.161 e. The lowest BCUT2D eigenvalue weighted by molar-refractivity contribution is -0.127. The van der Waals surface area contributed by atoms with Crippen molar-refractivity contribution in [3.63, 3.8) is 0 Å². The maximum absolute atomic E-state index is 11.2. The number of carbonyl (C=O) groups is 1. The minimum atomic E-state index is -0.381. The molecular formula is C9H16O3. The van der Waals surface area contributed by atoms with Crippen molar-refractivity contribution < 1.29 is 15.0 Å². The average molecular weight is 172 g/mol. The van der Waals surface area contributed by atoms with Gasteiger partial charge in [-0.25, -0.2) is 0 Å². The molecule has 0 bridgehead atoms. The molecule has 3 nitrogen and oxygen atoms in total. The van der Waals surface area contributed by atoms with E-state index in [1.165, 1.54) is 0 Å². The molecule has 0 aromatic rings. The van der Waals surface area contributed by atoms with Gasteiger partial charge in [0.25, 0.3) is 0 Å². The highest BCUT2D eigenvalue weighted by molar-refractivity contribution is 5.82. The van der Waals surface area contributed by atoms with Crippen LogP contribution in [0, 0.1) is 17.8 Å². The quantitative estimate of drug-likeness (QED) is 0.639. The lowest BCUT2D eigenvalue weighted by Crippen LogP contribution is -2.26. The predicted octanol–water partition coefficient (Wildman–Crippen LogP) is 0.202. The van der Waals surface area contributed by atoms with Crippen LogP contribution >= 0.6 is 0 Å². The van der Waals surface area contributed by atoms with Crippen molar-refractivity contribution in [2.45, 2.75) is 19.8 Å². The van der Waals surface area contributed by atoms with Crippen LogP contribution in [0.2, 0.25) is 0 Å². The fourth-order valence-corrected chi connectivity index (χ4v) is 2.09. The molecule has 1 rings (SSSR count). The van der Waals surface area contributed by atoms with E-state index in [2.05, 4.69) is 0 Å². The summed E-state index contributed by atoms with van der Waals surface area (Å²) in [6.45, 7) is 1.73. The summed E-state index contributed by atoms with van der Waals surface area (Å²) in [4.78, 5) is 11.2. The summed E-state index contributed by atoms with van der Waals surface area (Å²) < 4.78 is 0. The Balaban J connectivity index is 2.60. The molecule has 3 unspecified atom stereocenters. The van der Waals surface area contributed by atoms with Gasteiger partial charge in [-0.1, -0.05) is 6.92 Å². The zero-order valence-electron chi connectivity index (χ0n) is 7.36. The molecule has 0 spiro atoms.